The Hall–Kier alpha value is -3.06. The number of likely N-dealkylation sites (tertiary alicyclic amines) is 1. The second-order valence-electron chi connectivity index (χ2n) is 6.84. The maximum absolute atomic E-state index is 12.8. The van der Waals surface area contributed by atoms with E-state index in [4.69, 9.17) is 5.73 Å². The van der Waals surface area contributed by atoms with E-state index in [1.165, 1.54) is 11.0 Å². The minimum Gasteiger partial charge on any atom is -0.334 e. The summed E-state index contributed by atoms with van der Waals surface area (Å²) >= 11 is 0. The van der Waals surface area contributed by atoms with Gasteiger partial charge < -0.3 is 10.6 Å². The van der Waals surface area contributed by atoms with Crippen LogP contribution in [0, 0.1) is 0 Å². The zero-order chi connectivity index (χ0) is 19.0. The van der Waals surface area contributed by atoms with Crippen molar-refractivity contribution in [2.45, 2.75) is 25.4 Å². The third-order valence-corrected chi connectivity index (χ3v) is 5.22. The summed E-state index contributed by atoms with van der Waals surface area (Å²) in [6.45, 7) is 1.27. The molecule has 2 aromatic rings. The van der Waals surface area contributed by atoms with Crippen molar-refractivity contribution in [1.29, 1.82) is 0 Å². The van der Waals surface area contributed by atoms with Gasteiger partial charge in [-0.25, -0.2) is 0 Å². The average Bonchev–Trinajstić information content (AvgIpc) is 3.27. The second-order valence-corrected chi connectivity index (χ2v) is 6.84. The van der Waals surface area contributed by atoms with Crippen molar-refractivity contribution in [3.8, 4) is 0 Å². The predicted molar refractivity (Wildman–Crippen MR) is 98.0 cm³/mol. The van der Waals surface area contributed by atoms with Gasteiger partial charge in [0.15, 0.2) is 0 Å². The van der Waals surface area contributed by atoms with Crippen molar-refractivity contribution in [2.24, 2.45) is 5.73 Å². The first-order valence-corrected chi connectivity index (χ1v) is 9.00. The molecular formula is C20H20N4O3. The zero-order valence-electron chi connectivity index (χ0n) is 14.8. The number of nitrogens with zero attached hydrogens (tertiary/aromatic N) is 3. The number of fused-ring (bicyclic) bond motifs is 1. The SMILES string of the molecule is NCC1CCCN1C(=O)c1ccc2c(c1)C(=O)N(Cc1ccncc1)C2=O. The highest BCUT2D eigenvalue weighted by molar-refractivity contribution is 6.22. The standard InChI is InChI=1S/C20H20N4O3/c21-11-15-2-1-9-23(15)18(25)14-3-4-16-17(10-14)20(27)24(19(16)26)12-13-5-7-22-8-6-13/h3-8,10,15H,1-2,9,11-12,21H2. The maximum Gasteiger partial charge on any atom is 0.261 e. The first kappa shape index (κ1) is 17.4. The second kappa shape index (κ2) is 6.92. The Morgan fingerprint density at radius 2 is 1.85 bits per heavy atom. The van der Waals surface area contributed by atoms with Crippen LogP contribution in [-0.4, -0.2) is 51.6 Å². The molecule has 3 amide bonds. The first-order valence-electron chi connectivity index (χ1n) is 9.00. The molecule has 0 bridgehead atoms. The van der Waals surface area contributed by atoms with Gasteiger partial charge >= 0.3 is 0 Å². The van der Waals surface area contributed by atoms with Crippen LogP contribution in [0.3, 0.4) is 0 Å². The number of aromatic nitrogens is 1. The van der Waals surface area contributed by atoms with E-state index in [2.05, 4.69) is 4.98 Å². The number of rotatable bonds is 4. The van der Waals surface area contributed by atoms with Gasteiger partial charge in [0.2, 0.25) is 0 Å². The normalized spacial score (nSPS) is 18.9. The lowest BCUT2D eigenvalue weighted by Gasteiger charge is -2.23. The van der Waals surface area contributed by atoms with Crippen molar-refractivity contribution < 1.29 is 14.4 Å². The van der Waals surface area contributed by atoms with E-state index in [9.17, 15) is 14.4 Å². The van der Waals surface area contributed by atoms with Crippen LogP contribution in [0.4, 0.5) is 0 Å². The summed E-state index contributed by atoms with van der Waals surface area (Å²) in [6, 6.07) is 8.29. The Labute approximate surface area is 156 Å². The van der Waals surface area contributed by atoms with Crippen LogP contribution in [0.25, 0.3) is 0 Å². The van der Waals surface area contributed by atoms with Gasteiger partial charge in [0.1, 0.15) is 0 Å². The van der Waals surface area contributed by atoms with Crippen molar-refractivity contribution in [1.82, 2.24) is 14.8 Å². The van der Waals surface area contributed by atoms with E-state index in [0.29, 0.717) is 24.2 Å². The zero-order valence-corrected chi connectivity index (χ0v) is 14.8. The molecule has 2 N–H and O–H groups in total. The van der Waals surface area contributed by atoms with Gasteiger partial charge in [0, 0.05) is 37.1 Å². The lowest BCUT2D eigenvalue weighted by atomic mass is 10.0. The summed E-state index contributed by atoms with van der Waals surface area (Å²) < 4.78 is 0. The molecule has 1 saturated heterocycles. The van der Waals surface area contributed by atoms with Crippen LogP contribution in [0.2, 0.25) is 0 Å². The summed E-state index contributed by atoms with van der Waals surface area (Å²) in [5.74, 6) is -0.858. The minimum atomic E-state index is -0.377. The Balaban J connectivity index is 1.60. The van der Waals surface area contributed by atoms with Gasteiger partial charge in [-0.15, -0.1) is 0 Å². The summed E-state index contributed by atoms with van der Waals surface area (Å²) in [5, 5.41) is 0. The summed E-state index contributed by atoms with van der Waals surface area (Å²) in [4.78, 5) is 45.1. The molecule has 0 aliphatic carbocycles. The molecule has 1 fully saturated rings. The molecule has 0 radical (unpaired) electrons. The summed E-state index contributed by atoms with van der Waals surface area (Å²) in [7, 11) is 0. The predicted octanol–water partition coefficient (Wildman–Crippen LogP) is 1.44. The number of carbonyl (C=O) groups excluding carboxylic acids is 3. The van der Waals surface area contributed by atoms with Gasteiger partial charge in [0.25, 0.3) is 17.7 Å². The van der Waals surface area contributed by atoms with Gasteiger partial charge in [-0.05, 0) is 48.7 Å². The molecule has 7 heteroatoms. The molecule has 4 rings (SSSR count). The smallest absolute Gasteiger partial charge is 0.261 e. The fourth-order valence-corrected chi connectivity index (χ4v) is 3.75. The van der Waals surface area contributed by atoms with Gasteiger partial charge in [-0.1, -0.05) is 0 Å². The van der Waals surface area contributed by atoms with Crippen LogP contribution in [0.1, 0.15) is 49.5 Å². The monoisotopic (exact) mass is 364 g/mol. The highest BCUT2D eigenvalue weighted by atomic mass is 16.2. The molecule has 138 valence electrons. The average molecular weight is 364 g/mol. The number of carbonyl (C=O) groups is 3. The van der Waals surface area contributed by atoms with E-state index in [-0.39, 0.29) is 35.9 Å². The van der Waals surface area contributed by atoms with Gasteiger partial charge in [-0.3, -0.25) is 24.3 Å². The molecule has 1 aromatic heterocycles. The van der Waals surface area contributed by atoms with Crippen molar-refractivity contribution in [3.63, 3.8) is 0 Å². The number of hydrogen-bond acceptors (Lipinski definition) is 5. The van der Waals surface area contributed by atoms with E-state index >= 15 is 0 Å². The molecule has 27 heavy (non-hydrogen) atoms. The van der Waals surface area contributed by atoms with E-state index < -0.39 is 0 Å². The largest absolute Gasteiger partial charge is 0.334 e. The van der Waals surface area contributed by atoms with Crippen LogP contribution < -0.4 is 5.73 Å². The van der Waals surface area contributed by atoms with Crippen molar-refractivity contribution >= 4 is 17.7 Å². The van der Waals surface area contributed by atoms with Crippen molar-refractivity contribution in [3.05, 3.63) is 65.0 Å². The van der Waals surface area contributed by atoms with Crippen LogP contribution in [-0.2, 0) is 6.54 Å². The fourth-order valence-electron chi connectivity index (χ4n) is 3.75. The van der Waals surface area contributed by atoms with Crippen molar-refractivity contribution in [2.75, 3.05) is 13.1 Å². The van der Waals surface area contributed by atoms with Crippen LogP contribution in [0.15, 0.2) is 42.7 Å². The molecule has 3 heterocycles. The molecule has 1 aromatic carbocycles. The topological polar surface area (TPSA) is 96.6 Å². The Kier molecular flexibility index (Phi) is 4.45. The fraction of sp³-hybridized carbons (Fsp3) is 0.300. The maximum atomic E-state index is 12.8. The van der Waals surface area contributed by atoms with Gasteiger partial charge in [-0.2, -0.15) is 0 Å². The number of hydrogen-bond donors (Lipinski definition) is 1. The highest BCUT2D eigenvalue weighted by Crippen LogP contribution is 2.27. The molecule has 0 saturated carbocycles. The van der Waals surface area contributed by atoms with Gasteiger partial charge in [0.05, 0.1) is 17.7 Å². The van der Waals surface area contributed by atoms with E-state index in [1.807, 2.05) is 0 Å². The lowest BCUT2D eigenvalue weighted by molar-refractivity contribution is 0.0641. The number of nitrogens with two attached hydrogens (primary N) is 1. The third kappa shape index (κ3) is 3.00. The number of benzene rings is 1. The number of pyridine rings is 1. The molecule has 7 nitrogen and oxygen atoms in total. The summed E-state index contributed by atoms with van der Waals surface area (Å²) in [5.41, 5.74) is 7.61. The molecule has 2 aliphatic heterocycles. The Morgan fingerprint density at radius 3 is 2.59 bits per heavy atom. The molecular weight excluding hydrogens is 344 g/mol. The lowest BCUT2D eigenvalue weighted by Crippen LogP contribution is -2.39. The van der Waals surface area contributed by atoms with E-state index in [1.54, 1.807) is 41.6 Å². The van der Waals surface area contributed by atoms with Crippen LogP contribution in [0.5, 0.6) is 0 Å². The Bertz CT molecular complexity index is 913. The highest BCUT2D eigenvalue weighted by Gasteiger charge is 2.37. The number of amides is 3. The quantitative estimate of drug-likeness (QED) is 0.828. The minimum absolute atomic E-state index is 0.0336. The molecule has 0 spiro atoms. The first-order chi connectivity index (χ1) is 13.1. The molecule has 1 atom stereocenters. The van der Waals surface area contributed by atoms with E-state index in [0.717, 1.165) is 18.4 Å². The number of imide groups is 1. The molecule has 2 aliphatic rings. The summed E-state index contributed by atoms with van der Waals surface area (Å²) in [6.07, 6.45) is 5.06. The van der Waals surface area contributed by atoms with Crippen LogP contribution >= 0.6 is 0 Å². The third-order valence-electron chi connectivity index (χ3n) is 5.22. The Morgan fingerprint density at radius 1 is 1.11 bits per heavy atom. The molecule has 1 unspecified atom stereocenters.